The molecule has 7 nitrogen and oxygen atoms in total. The van der Waals surface area contributed by atoms with Crippen LogP contribution in [0.1, 0.15) is 19.8 Å². The number of fused-ring (bicyclic) bond motifs is 1. The van der Waals surface area contributed by atoms with E-state index in [0.717, 1.165) is 32.5 Å². The normalized spacial score (nSPS) is 18.8. The molecule has 0 spiro atoms. The highest BCUT2D eigenvalue weighted by Gasteiger charge is 2.32. The van der Waals surface area contributed by atoms with Crippen molar-refractivity contribution in [3.05, 3.63) is 21.7 Å². The highest BCUT2D eigenvalue weighted by Crippen LogP contribution is 2.33. The number of thiazole rings is 1. The van der Waals surface area contributed by atoms with Gasteiger partial charge in [0.1, 0.15) is 6.20 Å². The third kappa shape index (κ3) is 2.14. The Kier molecular flexibility index (Phi) is 3.58. The number of hydrogen-bond donors (Lipinski definition) is 1. The number of rotatable bonds is 5. The number of aromatic nitrogens is 2. The lowest BCUT2D eigenvalue weighted by molar-refractivity contribution is -0.389. The average molecular weight is 295 g/mol. The van der Waals surface area contributed by atoms with Crippen LogP contribution < -0.4 is 10.2 Å². The van der Waals surface area contributed by atoms with E-state index in [2.05, 4.69) is 22.1 Å². The molecule has 0 aliphatic carbocycles. The van der Waals surface area contributed by atoms with Gasteiger partial charge in [-0.3, -0.25) is 0 Å². The van der Waals surface area contributed by atoms with Crippen molar-refractivity contribution in [3.63, 3.8) is 0 Å². The van der Waals surface area contributed by atoms with Gasteiger partial charge in [-0.05, 0) is 24.3 Å². The van der Waals surface area contributed by atoms with Crippen LogP contribution in [0.2, 0.25) is 0 Å². The van der Waals surface area contributed by atoms with Crippen LogP contribution in [0.3, 0.4) is 0 Å². The molecule has 1 fully saturated rings. The molecule has 1 saturated heterocycles. The van der Waals surface area contributed by atoms with Crippen LogP contribution in [0, 0.1) is 10.1 Å². The summed E-state index contributed by atoms with van der Waals surface area (Å²) < 4.78 is 1.57. The lowest BCUT2D eigenvalue weighted by Crippen LogP contribution is -2.38. The molecule has 0 radical (unpaired) electrons. The summed E-state index contributed by atoms with van der Waals surface area (Å²) in [6, 6.07) is 0.290. The van der Waals surface area contributed by atoms with Gasteiger partial charge in [-0.25, -0.2) is 0 Å². The smallest absolute Gasteiger partial charge is 0.358 e. The van der Waals surface area contributed by atoms with E-state index in [1.807, 2.05) is 5.38 Å². The van der Waals surface area contributed by atoms with Crippen LogP contribution in [-0.2, 0) is 0 Å². The van der Waals surface area contributed by atoms with Gasteiger partial charge in [0, 0.05) is 24.5 Å². The first kappa shape index (κ1) is 13.3. The van der Waals surface area contributed by atoms with Gasteiger partial charge in [0.15, 0.2) is 0 Å². The van der Waals surface area contributed by atoms with Gasteiger partial charge in [-0.15, -0.1) is 0 Å². The van der Waals surface area contributed by atoms with E-state index < -0.39 is 0 Å². The van der Waals surface area contributed by atoms with E-state index >= 15 is 0 Å². The summed E-state index contributed by atoms with van der Waals surface area (Å²) in [6.07, 6.45) is 3.66. The zero-order valence-electron chi connectivity index (χ0n) is 11.3. The second kappa shape index (κ2) is 5.37. The van der Waals surface area contributed by atoms with Crippen LogP contribution in [0.4, 0.5) is 11.6 Å². The van der Waals surface area contributed by atoms with Gasteiger partial charge in [-0.1, -0.05) is 18.3 Å². The van der Waals surface area contributed by atoms with Crippen LogP contribution in [0.15, 0.2) is 11.6 Å². The molecule has 3 rings (SSSR count). The van der Waals surface area contributed by atoms with Crippen LogP contribution in [-0.4, -0.2) is 40.0 Å². The fraction of sp³-hybridized carbons (Fsp3) is 0.583. The van der Waals surface area contributed by atoms with E-state index in [4.69, 9.17) is 0 Å². The van der Waals surface area contributed by atoms with E-state index in [1.54, 1.807) is 10.6 Å². The molecule has 0 amide bonds. The number of imidazole rings is 1. The zero-order chi connectivity index (χ0) is 14.1. The standard InChI is InChI=1S/C12H17N5O2S/c1-2-5-15(9-3-4-13-8-9)10-11(17(18)19)16-6-7-20-12(16)14-10/h6-7,9,13H,2-5,8H2,1H3. The molecule has 1 N–H and O–H groups in total. The molecule has 2 aromatic heterocycles. The molecule has 1 aliphatic rings. The quantitative estimate of drug-likeness (QED) is 0.673. The van der Waals surface area contributed by atoms with Crippen molar-refractivity contribution in [2.75, 3.05) is 24.5 Å². The molecule has 1 aliphatic heterocycles. The van der Waals surface area contributed by atoms with Crippen LogP contribution in [0.5, 0.6) is 0 Å². The Morgan fingerprint density at radius 1 is 1.70 bits per heavy atom. The SMILES string of the molecule is CCCN(c1nc2sccn2c1[N+](=O)[O-])C1CCNC1. The van der Waals surface area contributed by atoms with Crippen molar-refractivity contribution in [1.29, 1.82) is 0 Å². The largest absolute Gasteiger partial charge is 0.373 e. The van der Waals surface area contributed by atoms with E-state index in [0.29, 0.717) is 16.8 Å². The maximum absolute atomic E-state index is 11.4. The molecular weight excluding hydrogens is 278 g/mol. The summed E-state index contributed by atoms with van der Waals surface area (Å²) in [5.41, 5.74) is 0. The van der Waals surface area contributed by atoms with Crippen molar-refractivity contribution >= 4 is 27.9 Å². The fourth-order valence-electron chi connectivity index (χ4n) is 2.73. The molecule has 1 atom stereocenters. The maximum atomic E-state index is 11.4. The number of anilines is 1. The molecule has 20 heavy (non-hydrogen) atoms. The summed E-state index contributed by atoms with van der Waals surface area (Å²) in [5.74, 6) is 0.596. The number of nitrogens with one attached hydrogen (secondary N) is 1. The minimum atomic E-state index is -0.326. The Hall–Kier alpha value is -1.67. The minimum Gasteiger partial charge on any atom is -0.358 e. The van der Waals surface area contributed by atoms with E-state index in [9.17, 15) is 10.1 Å². The Bertz CT molecular complexity index is 616. The predicted octanol–water partition coefficient (Wildman–Crippen LogP) is 1.88. The first-order valence-electron chi connectivity index (χ1n) is 6.79. The summed E-state index contributed by atoms with van der Waals surface area (Å²) in [7, 11) is 0. The second-order valence-electron chi connectivity index (χ2n) is 4.91. The van der Waals surface area contributed by atoms with Gasteiger partial charge in [0.2, 0.25) is 5.82 Å². The van der Waals surface area contributed by atoms with Crippen LogP contribution >= 0.6 is 11.3 Å². The third-order valence-corrected chi connectivity index (χ3v) is 4.36. The van der Waals surface area contributed by atoms with Crippen molar-refractivity contribution in [2.45, 2.75) is 25.8 Å². The molecule has 0 bridgehead atoms. The van der Waals surface area contributed by atoms with Crippen LogP contribution in [0.25, 0.3) is 4.96 Å². The summed E-state index contributed by atoms with van der Waals surface area (Å²) in [4.78, 5) is 18.4. The summed E-state index contributed by atoms with van der Waals surface area (Å²) in [6.45, 7) is 4.70. The molecule has 2 aromatic rings. The predicted molar refractivity (Wildman–Crippen MR) is 78.6 cm³/mol. The van der Waals surface area contributed by atoms with Crippen molar-refractivity contribution in [1.82, 2.24) is 14.7 Å². The molecule has 108 valence electrons. The second-order valence-corrected chi connectivity index (χ2v) is 5.78. The van der Waals surface area contributed by atoms with Gasteiger partial charge in [-0.2, -0.15) is 9.38 Å². The van der Waals surface area contributed by atoms with Crippen molar-refractivity contribution < 1.29 is 4.92 Å². The van der Waals surface area contributed by atoms with E-state index in [1.165, 1.54) is 11.3 Å². The first-order valence-corrected chi connectivity index (χ1v) is 7.67. The third-order valence-electron chi connectivity index (χ3n) is 3.60. The molecular formula is C12H17N5O2S. The molecule has 3 heterocycles. The number of nitrogens with zero attached hydrogens (tertiary/aromatic N) is 4. The monoisotopic (exact) mass is 295 g/mol. The fourth-order valence-corrected chi connectivity index (χ4v) is 3.44. The maximum Gasteiger partial charge on any atom is 0.373 e. The highest BCUT2D eigenvalue weighted by molar-refractivity contribution is 7.15. The van der Waals surface area contributed by atoms with Gasteiger partial charge in [0.05, 0.1) is 0 Å². The molecule has 0 aromatic carbocycles. The van der Waals surface area contributed by atoms with Crippen molar-refractivity contribution in [2.24, 2.45) is 0 Å². The lowest BCUT2D eigenvalue weighted by atomic mass is 10.2. The van der Waals surface area contributed by atoms with Gasteiger partial charge >= 0.3 is 5.82 Å². The Labute approximate surface area is 120 Å². The highest BCUT2D eigenvalue weighted by atomic mass is 32.1. The van der Waals surface area contributed by atoms with E-state index in [-0.39, 0.29) is 10.7 Å². The molecule has 1 unspecified atom stereocenters. The van der Waals surface area contributed by atoms with Gasteiger partial charge < -0.3 is 20.3 Å². The number of hydrogen-bond acceptors (Lipinski definition) is 6. The van der Waals surface area contributed by atoms with Crippen molar-refractivity contribution in [3.8, 4) is 0 Å². The topological polar surface area (TPSA) is 75.7 Å². The Balaban J connectivity index is 2.07. The summed E-state index contributed by atoms with van der Waals surface area (Å²) in [5, 5.41) is 16.6. The Morgan fingerprint density at radius 3 is 3.20 bits per heavy atom. The Morgan fingerprint density at radius 2 is 2.55 bits per heavy atom. The lowest BCUT2D eigenvalue weighted by Gasteiger charge is -2.27. The zero-order valence-corrected chi connectivity index (χ0v) is 12.1. The van der Waals surface area contributed by atoms with Gasteiger partial charge in [0.25, 0.3) is 4.96 Å². The first-order chi connectivity index (χ1) is 9.72. The molecule has 0 saturated carbocycles. The number of nitro groups is 1. The minimum absolute atomic E-state index is 0.0848. The average Bonchev–Trinajstić information content (AvgIpc) is 3.11. The molecule has 8 heteroatoms. The summed E-state index contributed by atoms with van der Waals surface area (Å²) >= 11 is 1.42.